The van der Waals surface area contributed by atoms with Crippen LogP contribution in [0.4, 0.5) is 8.78 Å². The fourth-order valence-corrected chi connectivity index (χ4v) is 1.27. The van der Waals surface area contributed by atoms with Crippen molar-refractivity contribution in [2.75, 3.05) is 19.6 Å². The summed E-state index contributed by atoms with van der Waals surface area (Å²) in [5.41, 5.74) is 0. The number of carboxylic acids is 1. The molecule has 1 aliphatic rings. The summed E-state index contributed by atoms with van der Waals surface area (Å²) in [6.07, 6.45) is 2.22. The number of hydrogen-bond acceptors (Lipinski definition) is 2. The van der Waals surface area contributed by atoms with Crippen LogP contribution in [-0.2, 0) is 4.79 Å². The Labute approximate surface area is 74.6 Å². The van der Waals surface area contributed by atoms with Crippen molar-refractivity contribution in [2.45, 2.75) is 12.3 Å². The summed E-state index contributed by atoms with van der Waals surface area (Å²) in [4.78, 5) is 11.6. The Bertz CT molecular complexity index is 228. The van der Waals surface area contributed by atoms with Gasteiger partial charge in [-0.15, -0.1) is 0 Å². The summed E-state index contributed by atoms with van der Waals surface area (Å²) in [6.45, 7) is 0.343. The van der Waals surface area contributed by atoms with E-state index in [1.54, 1.807) is 0 Å². The molecule has 0 aromatic rings. The van der Waals surface area contributed by atoms with Gasteiger partial charge in [-0.3, -0.25) is 4.90 Å². The first-order valence-corrected chi connectivity index (χ1v) is 3.99. The third-order valence-corrected chi connectivity index (χ3v) is 1.87. The van der Waals surface area contributed by atoms with Gasteiger partial charge in [0.15, 0.2) is 0 Å². The van der Waals surface area contributed by atoms with Crippen LogP contribution in [0, 0.1) is 0 Å². The van der Waals surface area contributed by atoms with Crippen molar-refractivity contribution in [3.8, 4) is 0 Å². The van der Waals surface area contributed by atoms with E-state index in [1.807, 2.05) is 0 Å². The van der Waals surface area contributed by atoms with Gasteiger partial charge in [-0.1, -0.05) is 6.08 Å². The van der Waals surface area contributed by atoms with Gasteiger partial charge >= 0.3 is 5.97 Å². The van der Waals surface area contributed by atoms with Crippen LogP contribution in [0.25, 0.3) is 0 Å². The van der Waals surface area contributed by atoms with E-state index in [0.717, 1.165) is 6.08 Å². The second-order valence-corrected chi connectivity index (χ2v) is 3.08. The highest BCUT2D eigenvalue weighted by Crippen LogP contribution is 2.26. The van der Waals surface area contributed by atoms with Crippen LogP contribution < -0.4 is 0 Å². The molecule has 0 aliphatic carbocycles. The summed E-state index contributed by atoms with van der Waals surface area (Å²) in [7, 11) is 0. The molecule has 0 amide bonds. The molecule has 0 saturated carbocycles. The number of halogens is 2. The molecule has 1 fully saturated rings. The van der Waals surface area contributed by atoms with Crippen molar-refractivity contribution in [3.05, 3.63) is 12.2 Å². The minimum absolute atomic E-state index is 0.131. The first-order valence-electron chi connectivity index (χ1n) is 3.99. The minimum Gasteiger partial charge on any atom is -0.478 e. The number of rotatable bonds is 3. The summed E-state index contributed by atoms with van der Waals surface area (Å²) in [5, 5.41) is 8.24. The van der Waals surface area contributed by atoms with Crippen LogP contribution in [-0.4, -0.2) is 41.5 Å². The van der Waals surface area contributed by atoms with E-state index in [-0.39, 0.29) is 19.5 Å². The Morgan fingerprint density at radius 3 is 2.77 bits per heavy atom. The second kappa shape index (κ2) is 3.83. The van der Waals surface area contributed by atoms with Crippen molar-refractivity contribution >= 4 is 5.97 Å². The number of carboxylic acid groups (broad SMARTS) is 1. The van der Waals surface area contributed by atoms with Crippen molar-refractivity contribution in [3.63, 3.8) is 0 Å². The lowest BCUT2D eigenvalue weighted by molar-refractivity contribution is -0.131. The maximum atomic E-state index is 12.6. The van der Waals surface area contributed by atoms with E-state index in [2.05, 4.69) is 0 Å². The summed E-state index contributed by atoms with van der Waals surface area (Å²) in [5.74, 6) is -3.65. The Kier molecular flexibility index (Phi) is 2.98. The number of nitrogens with zero attached hydrogens (tertiary/aromatic N) is 1. The molecule has 0 bridgehead atoms. The molecule has 0 atom stereocenters. The molecule has 74 valence electrons. The van der Waals surface area contributed by atoms with Gasteiger partial charge in [-0.25, -0.2) is 13.6 Å². The molecule has 0 radical (unpaired) electrons. The predicted octanol–water partition coefficient (Wildman–Crippen LogP) is 0.968. The van der Waals surface area contributed by atoms with Gasteiger partial charge in [0.2, 0.25) is 0 Å². The largest absolute Gasteiger partial charge is 0.478 e. The van der Waals surface area contributed by atoms with E-state index in [9.17, 15) is 13.6 Å². The first-order chi connectivity index (χ1) is 5.99. The molecule has 1 saturated heterocycles. The van der Waals surface area contributed by atoms with Crippen molar-refractivity contribution in [2.24, 2.45) is 0 Å². The zero-order valence-electron chi connectivity index (χ0n) is 7.04. The van der Waals surface area contributed by atoms with E-state index in [0.29, 0.717) is 6.54 Å². The highest BCUT2D eigenvalue weighted by atomic mass is 19.3. The Hall–Kier alpha value is -0.970. The molecule has 0 spiro atoms. The van der Waals surface area contributed by atoms with Crippen molar-refractivity contribution in [1.29, 1.82) is 0 Å². The van der Waals surface area contributed by atoms with Gasteiger partial charge < -0.3 is 5.11 Å². The molecule has 1 aliphatic heterocycles. The predicted molar refractivity (Wildman–Crippen MR) is 42.8 cm³/mol. The third kappa shape index (κ3) is 3.50. The quantitative estimate of drug-likeness (QED) is 0.676. The van der Waals surface area contributed by atoms with Gasteiger partial charge in [0.05, 0.1) is 6.54 Å². The number of likely N-dealkylation sites (tertiary alicyclic amines) is 1. The molecular formula is C8H11F2NO2. The number of hydrogen-bond donors (Lipinski definition) is 1. The number of alkyl halides is 2. The maximum absolute atomic E-state index is 12.6. The average molecular weight is 191 g/mol. The van der Waals surface area contributed by atoms with Crippen molar-refractivity contribution < 1.29 is 18.7 Å². The van der Waals surface area contributed by atoms with Gasteiger partial charge in [0.1, 0.15) is 0 Å². The molecule has 13 heavy (non-hydrogen) atoms. The Morgan fingerprint density at radius 2 is 2.31 bits per heavy atom. The zero-order chi connectivity index (χ0) is 9.90. The lowest BCUT2D eigenvalue weighted by Crippen LogP contribution is -2.25. The highest BCUT2D eigenvalue weighted by Gasteiger charge is 2.37. The van der Waals surface area contributed by atoms with Crippen LogP contribution in [0.2, 0.25) is 0 Å². The molecule has 1 N–H and O–H groups in total. The normalized spacial score (nSPS) is 22.6. The fourth-order valence-electron chi connectivity index (χ4n) is 1.27. The summed E-state index contributed by atoms with van der Waals surface area (Å²) >= 11 is 0. The monoisotopic (exact) mass is 191 g/mol. The van der Waals surface area contributed by atoms with Crippen LogP contribution in [0.1, 0.15) is 6.42 Å². The van der Waals surface area contributed by atoms with Gasteiger partial charge in [0, 0.05) is 25.6 Å². The molecular weight excluding hydrogens is 180 g/mol. The van der Waals surface area contributed by atoms with Gasteiger partial charge in [-0.05, 0) is 0 Å². The standard InChI is InChI=1S/C8H11F2NO2/c9-8(10)3-5-11(6-8)4-1-2-7(12)13/h1-2H,3-6H2,(H,12,13)/b2-1+. The average Bonchev–Trinajstić information content (AvgIpc) is 2.29. The molecule has 1 heterocycles. The highest BCUT2D eigenvalue weighted by molar-refractivity contribution is 5.79. The topological polar surface area (TPSA) is 40.5 Å². The number of carbonyl (C=O) groups is 1. The number of aliphatic carboxylic acids is 1. The molecule has 0 aromatic carbocycles. The van der Waals surface area contributed by atoms with Gasteiger partial charge in [-0.2, -0.15) is 0 Å². The molecule has 1 rings (SSSR count). The lowest BCUT2D eigenvalue weighted by Gasteiger charge is -2.11. The van der Waals surface area contributed by atoms with Crippen LogP contribution in [0.15, 0.2) is 12.2 Å². The third-order valence-electron chi connectivity index (χ3n) is 1.87. The Balaban J connectivity index is 2.29. The van der Waals surface area contributed by atoms with E-state index in [4.69, 9.17) is 5.11 Å². The maximum Gasteiger partial charge on any atom is 0.328 e. The smallest absolute Gasteiger partial charge is 0.328 e. The fraction of sp³-hybridized carbons (Fsp3) is 0.625. The first kappa shape index (κ1) is 10.1. The van der Waals surface area contributed by atoms with Gasteiger partial charge in [0.25, 0.3) is 5.92 Å². The molecule has 5 heteroatoms. The summed E-state index contributed by atoms with van der Waals surface area (Å²) in [6, 6.07) is 0. The lowest BCUT2D eigenvalue weighted by atomic mass is 10.3. The van der Waals surface area contributed by atoms with E-state index < -0.39 is 11.9 Å². The van der Waals surface area contributed by atoms with E-state index in [1.165, 1.54) is 11.0 Å². The van der Waals surface area contributed by atoms with Crippen LogP contribution in [0.3, 0.4) is 0 Å². The SMILES string of the molecule is O=C(O)/C=C/CN1CCC(F)(F)C1. The Morgan fingerprint density at radius 1 is 1.62 bits per heavy atom. The zero-order valence-corrected chi connectivity index (χ0v) is 7.04. The molecule has 0 aromatic heterocycles. The van der Waals surface area contributed by atoms with E-state index >= 15 is 0 Å². The summed E-state index contributed by atoms with van der Waals surface area (Å²) < 4.78 is 25.2. The van der Waals surface area contributed by atoms with Crippen LogP contribution >= 0.6 is 0 Å². The van der Waals surface area contributed by atoms with Crippen LogP contribution in [0.5, 0.6) is 0 Å². The molecule has 0 unspecified atom stereocenters. The second-order valence-electron chi connectivity index (χ2n) is 3.08. The van der Waals surface area contributed by atoms with Crippen molar-refractivity contribution in [1.82, 2.24) is 4.90 Å². The molecule has 3 nitrogen and oxygen atoms in total. The minimum atomic E-state index is -2.60.